The summed E-state index contributed by atoms with van der Waals surface area (Å²) >= 11 is 0. The fourth-order valence-corrected chi connectivity index (χ4v) is 2.21. The van der Waals surface area contributed by atoms with Crippen molar-refractivity contribution in [1.29, 1.82) is 0 Å². The zero-order valence-corrected chi connectivity index (χ0v) is 12.7. The van der Waals surface area contributed by atoms with Gasteiger partial charge in [-0.3, -0.25) is 0 Å². The van der Waals surface area contributed by atoms with Crippen LogP contribution in [0.2, 0.25) is 0 Å². The van der Waals surface area contributed by atoms with Crippen molar-refractivity contribution in [3.8, 4) is 0 Å². The molecule has 0 fully saturated rings. The smallest absolute Gasteiger partial charge is 0.149 e. The summed E-state index contributed by atoms with van der Waals surface area (Å²) in [6.07, 6.45) is 4.11. The SMILES string of the molecule is CCCNCc1ccnc(N(C)CCS(C)(=O)=O)c1. The van der Waals surface area contributed by atoms with Crippen LogP contribution in [0, 0.1) is 0 Å². The number of nitrogens with one attached hydrogen (secondary N) is 1. The van der Waals surface area contributed by atoms with Crippen molar-refractivity contribution >= 4 is 15.7 Å². The summed E-state index contributed by atoms with van der Waals surface area (Å²) in [6, 6.07) is 3.96. The third-order valence-corrected chi connectivity index (χ3v) is 3.68. The predicted molar refractivity (Wildman–Crippen MR) is 79.2 cm³/mol. The molecule has 1 rings (SSSR count). The average Bonchev–Trinajstić information content (AvgIpc) is 2.36. The highest BCUT2D eigenvalue weighted by Crippen LogP contribution is 2.11. The Morgan fingerprint density at radius 1 is 1.42 bits per heavy atom. The van der Waals surface area contributed by atoms with Gasteiger partial charge < -0.3 is 10.2 Å². The van der Waals surface area contributed by atoms with Crippen LogP contribution in [0.1, 0.15) is 18.9 Å². The Balaban J connectivity index is 2.59. The van der Waals surface area contributed by atoms with Crippen molar-refractivity contribution < 1.29 is 8.42 Å². The van der Waals surface area contributed by atoms with Gasteiger partial charge in [0.1, 0.15) is 15.7 Å². The number of pyridine rings is 1. The molecule has 0 amide bonds. The molecule has 1 N–H and O–H groups in total. The highest BCUT2D eigenvalue weighted by Gasteiger charge is 2.07. The zero-order chi connectivity index (χ0) is 14.3. The number of rotatable bonds is 8. The van der Waals surface area contributed by atoms with E-state index in [1.165, 1.54) is 6.26 Å². The topological polar surface area (TPSA) is 62.3 Å². The average molecular weight is 285 g/mol. The monoisotopic (exact) mass is 285 g/mol. The van der Waals surface area contributed by atoms with E-state index in [9.17, 15) is 8.42 Å². The van der Waals surface area contributed by atoms with Gasteiger partial charge in [-0.2, -0.15) is 0 Å². The lowest BCUT2D eigenvalue weighted by molar-refractivity contribution is 0.601. The molecule has 1 heterocycles. The van der Waals surface area contributed by atoms with Crippen LogP contribution in [0.3, 0.4) is 0 Å². The lowest BCUT2D eigenvalue weighted by Crippen LogP contribution is -2.25. The van der Waals surface area contributed by atoms with Gasteiger partial charge >= 0.3 is 0 Å². The zero-order valence-electron chi connectivity index (χ0n) is 11.9. The van der Waals surface area contributed by atoms with Crippen molar-refractivity contribution in [2.75, 3.05) is 37.0 Å². The molecule has 0 unspecified atom stereocenters. The molecule has 0 atom stereocenters. The predicted octanol–water partition coefficient (Wildman–Crippen LogP) is 1.06. The van der Waals surface area contributed by atoms with E-state index in [0.29, 0.717) is 6.54 Å². The molecule has 1 aromatic heterocycles. The van der Waals surface area contributed by atoms with Gasteiger partial charge in [-0.05, 0) is 30.7 Å². The molecule has 0 bridgehead atoms. The Bertz CT molecular complexity index is 488. The molecular formula is C13H23N3O2S. The van der Waals surface area contributed by atoms with Gasteiger partial charge in [-0.15, -0.1) is 0 Å². The largest absolute Gasteiger partial charge is 0.359 e. The summed E-state index contributed by atoms with van der Waals surface area (Å²) in [5.74, 6) is 0.947. The van der Waals surface area contributed by atoms with E-state index < -0.39 is 9.84 Å². The van der Waals surface area contributed by atoms with Gasteiger partial charge in [0.15, 0.2) is 0 Å². The van der Waals surface area contributed by atoms with E-state index in [1.54, 1.807) is 6.20 Å². The third kappa shape index (κ3) is 6.54. The van der Waals surface area contributed by atoms with Crippen LogP contribution in [0.15, 0.2) is 18.3 Å². The minimum Gasteiger partial charge on any atom is -0.359 e. The summed E-state index contributed by atoms with van der Waals surface area (Å²) < 4.78 is 22.3. The first-order valence-electron chi connectivity index (χ1n) is 6.47. The molecule has 108 valence electrons. The maximum atomic E-state index is 11.2. The second-order valence-corrected chi connectivity index (χ2v) is 7.01. The maximum Gasteiger partial charge on any atom is 0.149 e. The maximum absolute atomic E-state index is 11.2. The lowest BCUT2D eigenvalue weighted by atomic mass is 10.2. The van der Waals surface area contributed by atoms with Crippen molar-refractivity contribution in [1.82, 2.24) is 10.3 Å². The lowest BCUT2D eigenvalue weighted by Gasteiger charge is -2.18. The Hall–Kier alpha value is -1.14. The minimum absolute atomic E-state index is 0.142. The van der Waals surface area contributed by atoms with Crippen LogP contribution in [-0.2, 0) is 16.4 Å². The highest BCUT2D eigenvalue weighted by molar-refractivity contribution is 7.90. The quantitative estimate of drug-likeness (QED) is 0.724. The van der Waals surface area contributed by atoms with Gasteiger partial charge in [0.25, 0.3) is 0 Å². The number of hydrogen-bond donors (Lipinski definition) is 1. The van der Waals surface area contributed by atoms with Crippen molar-refractivity contribution in [2.24, 2.45) is 0 Å². The molecule has 0 saturated heterocycles. The Morgan fingerprint density at radius 2 is 2.16 bits per heavy atom. The Labute approximate surface area is 116 Å². The van der Waals surface area contributed by atoms with Crippen LogP contribution in [0.5, 0.6) is 0 Å². The fourth-order valence-electron chi connectivity index (χ4n) is 1.61. The molecule has 5 nitrogen and oxygen atoms in total. The summed E-state index contributed by atoms with van der Waals surface area (Å²) in [4.78, 5) is 6.14. The van der Waals surface area contributed by atoms with Gasteiger partial charge in [-0.1, -0.05) is 6.92 Å². The van der Waals surface area contributed by atoms with Crippen molar-refractivity contribution in [3.63, 3.8) is 0 Å². The standard InChI is InChI=1S/C13H23N3O2S/c1-4-6-14-11-12-5-7-15-13(10-12)16(2)8-9-19(3,17)18/h5,7,10,14H,4,6,8-9,11H2,1-3H3. The summed E-state index contributed by atoms with van der Waals surface area (Å²) in [5, 5.41) is 3.33. The van der Waals surface area contributed by atoms with E-state index >= 15 is 0 Å². The molecule has 0 radical (unpaired) electrons. The van der Waals surface area contributed by atoms with E-state index in [-0.39, 0.29) is 5.75 Å². The molecule has 0 aliphatic carbocycles. The molecule has 0 aromatic carbocycles. The second-order valence-electron chi connectivity index (χ2n) is 4.75. The number of hydrogen-bond acceptors (Lipinski definition) is 5. The number of anilines is 1. The van der Waals surface area contributed by atoms with Crippen LogP contribution < -0.4 is 10.2 Å². The molecule has 0 saturated carbocycles. The summed E-state index contributed by atoms with van der Waals surface area (Å²) in [6.45, 7) is 4.38. The van der Waals surface area contributed by atoms with E-state index in [4.69, 9.17) is 0 Å². The van der Waals surface area contributed by atoms with Gasteiger partial charge in [0.2, 0.25) is 0 Å². The van der Waals surface area contributed by atoms with Crippen LogP contribution >= 0.6 is 0 Å². The van der Waals surface area contributed by atoms with E-state index in [0.717, 1.165) is 30.9 Å². The van der Waals surface area contributed by atoms with Crippen molar-refractivity contribution in [3.05, 3.63) is 23.9 Å². The van der Waals surface area contributed by atoms with Gasteiger partial charge in [-0.25, -0.2) is 13.4 Å². The first-order chi connectivity index (χ1) is 8.92. The van der Waals surface area contributed by atoms with E-state index in [1.807, 2.05) is 24.1 Å². The molecule has 6 heteroatoms. The van der Waals surface area contributed by atoms with Gasteiger partial charge in [0, 0.05) is 32.6 Å². The van der Waals surface area contributed by atoms with Crippen LogP contribution in [0.25, 0.3) is 0 Å². The molecule has 0 aliphatic rings. The molecular weight excluding hydrogens is 262 g/mol. The molecule has 0 spiro atoms. The van der Waals surface area contributed by atoms with Crippen LogP contribution in [0.4, 0.5) is 5.82 Å². The fraction of sp³-hybridized carbons (Fsp3) is 0.615. The van der Waals surface area contributed by atoms with Gasteiger partial charge in [0.05, 0.1) is 5.75 Å². The summed E-state index contributed by atoms with van der Waals surface area (Å²) in [5.41, 5.74) is 1.16. The first-order valence-corrected chi connectivity index (χ1v) is 8.53. The number of nitrogens with zero attached hydrogens (tertiary/aromatic N) is 2. The molecule has 1 aromatic rings. The minimum atomic E-state index is -2.94. The second kappa shape index (κ2) is 7.45. The number of aromatic nitrogens is 1. The third-order valence-electron chi connectivity index (χ3n) is 2.75. The molecule has 0 aliphatic heterocycles. The summed E-state index contributed by atoms with van der Waals surface area (Å²) in [7, 11) is -1.08. The van der Waals surface area contributed by atoms with E-state index in [2.05, 4.69) is 17.2 Å². The van der Waals surface area contributed by atoms with Crippen LogP contribution in [-0.4, -0.2) is 45.5 Å². The highest BCUT2D eigenvalue weighted by atomic mass is 32.2. The number of sulfone groups is 1. The molecule has 19 heavy (non-hydrogen) atoms. The Kier molecular flexibility index (Phi) is 6.24. The first kappa shape index (κ1) is 15.9. The normalized spacial score (nSPS) is 11.5. The Morgan fingerprint density at radius 3 is 2.79 bits per heavy atom. The van der Waals surface area contributed by atoms with Crippen molar-refractivity contribution in [2.45, 2.75) is 19.9 Å².